The van der Waals surface area contributed by atoms with Crippen molar-refractivity contribution in [2.24, 2.45) is 0 Å². The molecule has 0 spiro atoms. The number of aryl methyl sites for hydroxylation is 2. The summed E-state index contributed by atoms with van der Waals surface area (Å²) in [5.74, 6) is 4.51. The Kier molecular flexibility index (Phi) is 1.55. The molecule has 1 heterocycles. The zero-order valence-electron chi connectivity index (χ0n) is 7.17. The average molecular weight is 180 g/mol. The summed E-state index contributed by atoms with van der Waals surface area (Å²) in [5, 5.41) is 0. The second-order valence-corrected chi connectivity index (χ2v) is 5.85. The molecule has 0 aliphatic carbocycles. The molecule has 0 radical (unpaired) electrons. The van der Waals surface area contributed by atoms with Gasteiger partial charge in [0.1, 0.15) is 0 Å². The molecule has 0 amide bonds. The Morgan fingerprint density at radius 2 is 2.25 bits per heavy atom. The van der Waals surface area contributed by atoms with E-state index in [1.807, 2.05) is 13.0 Å². The number of fused-ring (bicyclic) bond motifs is 1. The predicted octanol–water partition coefficient (Wildman–Crippen LogP) is 1.63. The highest BCUT2D eigenvalue weighted by molar-refractivity contribution is 8.00. The van der Waals surface area contributed by atoms with Gasteiger partial charge < -0.3 is 0 Å². The summed E-state index contributed by atoms with van der Waals surface area (Å²) in [5.41, 5.74) is 2.40. The summed E-state index contributed by atoms with van der Waals surface area (Å²) in [7, 11) is -1.93. The van der Waals surface area contributed by atoms with Crippen LogP contribution >= 0.6 is 0 Å². The third-order valence-electron chi connectivity index (χ3n) is 2.32. The predicted molar refractivity (Wildman–Crippen MR) is 53.3 cm³/mol. The van der Waals surface area contributed by atoms with Gasteiger partial charge in [0.25, 0.3) is 0 Å². The van der Waals surface area contributed by atoms with E-state index >= 15 is 0 Å². The van der Waals surface area contributed by atoms with E-state index in [1.54, 1.807) is 0 Å². The average Bonchev–Trinajstić information content (AvgIpc) is 2.28. The maximum absolute atomic E-state index is 11.8. The third kappa shape index (κ3) is 1.07. The summed E-state index contributed by atoms with van der Waals surface area (Å²) < 4.78 is 11.8. The van der Waals surface area contributed by atoms with Gasteiger partial charge >= 0.3 is 0 Å². The molecule has 0 N–H and O–H groups in total. The Bertz CT molecular complexity index is 415. The molecule has 1 aromatic carbocycles. The van der Waals surface area contributed by atoms with Crippen LogP contribution in [0.25, 0.3) is 0 Å². The lowest BCUT2D eigenvalue weighted by atomic mass is 10.1. The van der Waals surface area contributed by atoms with Gasteiger partial charge in [0.2, 0.25) is 0 Å². The van der Waals surface area contributed by atoms with Gasteiger partial charge in [0, 0.05) is 10.6 Å². The van der Waals surface area contributed by atoms with Gasteiger partial charge in [0.05, 0.1) is 0 Å². The smallest absolute Gasteiger partial charge is 0.0340 e. The normalized spacial score (nSPS) is 27.1. The van der Waals surface area contributed by atoms with Gasteiger partial charge in [-0.05, 0) is 45.9 Å². The van der Waals surface area contributed by atoms with E-state index in [2.05, 4.69) is 18.0 Å². The van der Waals surface area contributed by atoms with Crippen molar-refractivity contribution in [3.8, 4) is 0 Å². The Labute approximate surface area is 73.4 Å². The molecule has 2 heteroatoms. The Morgan fingerprint density at radius 3 is 3.00 bits per heavy atom. The first kappa shape index (κ1) is 7.87. The Morgan fingerprint density at radius 1 is 1.50 bits per heavy atom. The number of benzene rings is 1. The van der Waals surface area contributed by atoms with Crippen LogP contribution in [0.5, 0.6) is 0 Å². The maximum atomic E-state index is 11.8. The van der Waals surface area contributed by atoms with Crippen LogP contribution in [0, 0.1) is 6.92 Å². The second kappa shape index (κ2) is 2.36. The lowest BCUT2D eigenvalue weighted by molar-refractivity contribution is 0.683. The first-order valence-electron chi connectivity index (χ1n) is 4.04. The molecule has 1 unspecified atom stereocenters. The fourth-order valence-electron chi connectivity index (χ4n) is 1.60. The van der Waals surface area contributed by atoms with Crippen LogP contribution in [0.15, 0.2) is 23.1 Å². The van der Waals surface area contributed by atoms with E-state index in [0.717, 1.165) is 17.1 Å². The van der Waals surface area contributed by atoms with Crippen molar-refractivity contribution in [1.82, 2.24) is 0 Å². The molecule has 0 bridgehead atoms. The highest BCUT2D eigenvalue weighted by atomic mass is 32.2. The first-order valence-corrected chi connectivity index (χ1v) is 5.94. The first-order chi connectivity index (χ1) is 5.59. The number of rotatable bonds is 0. The van der Waals surface area contributed by atoms with E-state index in [4.69, 9.17) is 0 Å². The molecule has 64 valence electrons. The van der Waals surface area contributed by atoms with E-state index in [-0.39, 0.29) is 0 Å². The van der Waals surface area contributed by atoms with Crippen molar-refractivity contribution in [3.63, 3.8) is 0 Å². The Balaban J connectivity index is 2.73. The topological polar surface area (TPSA) is 17.1 Å². The van der Waals surface area contributed by atoms with E-state index < -0.39 is 9.52 Å². The minimum absolute atomic E-state index is 0.728. The fourth-order valence-corrected chi connectivity index (χ4v) is 3.42. The van der Waals surface area contributed by atoms with Gasteiger partial charge in [-0.2, -0.15) is 0 Å². The number of hydrogen-bond donors (Lipinski definition) is 0. The van der Waals surface area contributed by atoms with Gasteiger partial charge in [-0.25, -0.2) is 0 Å². The molecule has 0 saturated heterocycles. The number of hydrogen-bond acceptors (Lipinski definition) is 1. The van der Waals surface area contributed by atoms with Gasteiger partial charge in [-0.1, -0.05) is 12.1 Å². The third-order valence-corrected chi connectivity index (χ3v) is 4.37. The van der Waals surface area contributed by atoms with Crippen molar-refractivity contribution >= 4 is 15.4 Å². The summed E-state index contributed by atoms with van der Waals surface area (Å²) in [6, 6.07) is 6.15. The summed E-state index contributed by atoms with van der Waals surface area (Å²) in [6.45, 7) is 2.02. The van der Waals surface area contributed by atoms with Crippen LogP contribution in [0.4, 0.5) is 0 Å². The van der Waals surface area contributed by atoms with Crippen LogP contribution < -0.4 is 0 Å². The van der Waals surface area contributed by atoms with Crippen LogP contribution in [-0.4, -0.2) is 15.8 Å². The van der Waals surface area contributed by atoms with Crippen LogP contribution in [0.2, 0.25) is 0 Å². The van der Waals surface area contributed by atoms with Crippen molar-refractivity contribution in [2.45, 2.75) is 18.2 Å². The van der Waals surface area contributed by atoms with Crippen molar-refractivity contribution in [1.29, 1.82) is 0 Å². The molecule has 1 aliphatic heterocycles. The van der Waals surface area contributed by atoms with Crippen molar-refractivity contribution in [3.05, 3.63) is 29.3 Å². The quantitative estimate of drug-likeness (QED) is 0.555. The minimum Gasteiger partial charge on any atom is -0.263 e. The van der Waals surface area contributed by atoms with Crippen LogP contribution in [-0.2, 0) is 15.9 Å². The second-order valence-electron chi connectivity index (χ2n) is 3.38. The van der Waals surface area contributed by atoms with Gasteiger partial charge in [-0.15, -0.1) is 0 Å². The SMILES string of the molecule is C=S1(=O)CCc2ccc(C)cc21. The highest BCUT2D eigenvalue weighted by Crippen LogP contribution is 2.26. The molecule has 1 aliphatic rings. The summed E-state index contributed by atoms with van der Waals surface area (Å²) >= 11 is 0. The van der Waals surface area contributed by atoms with Crippen molar-refractivity contribution < 1.29 is 4.21 Å². The van der Waals surface area contributed by atoms with E-state index in [0.29, 0.717) is 0 Å². The summed E-state index contributed by atoms with van der Waals surface area (Å²) in [4.78, 5) is 0.988. The van der Waals surface area contributed by atoms with E-state index in [9.17, 15) is 4.21 Å². The zero-order chi connectivity index (χ0) is 8.77. The molecule has 0 aromatic heterocycles. The standard InChI is InChI=1S/C10H12OS/c1-8-3-4-9-5-6-12(2,11)10(9)7-8/h3-4,7H,2,5-6H2,1H3. The van der Waals surface area contributed by atoms with Crippen molar-refractivity contribution in [2.75, 3.05) is 5.75 Å². The molecule has 0 saturated carbocycles. The lowest BCUT2D eigenvalue weighted by Crippen LogP contribution is -1.98. The molecule has 1 atom stereocenters. The molecule has 1 aromatic rings. The Hall–Kier alpha value is -0.760. The highest BCUT2D eigenvalue weighted by Gasteiger charge is 2.20. The maximum Gasteiger partial charge on any atom is 0.0340 e. The molecule has 0 fully saturated rings. The van der Waals surface area contributed by atoms with Crippen LogP contribution in [0.1, 0.15) is 11.1 Å². The monoisotopic (exact) mass is 180 g/mol. The molecule has 2 rings (SSSR count). The largest absolute Gasteiger partial charge is 0.263 e. The minimum atomic E-state index is -1.93. The van der Waals surface area contributed by atoms with Gasteiger partial charge in [-0.3, -0.25) is 4.21 Å². The van der Waals surface area contributed by atoms with Crippen LogP contribution in [0.3, 0.4) is 0 Å². The molecule has 1 nitrogen and oxygen atoms in total. The fraction of sp³-hybridized carbons (Fsp3) is 0.300. The molecule has 12 heavy (non-hydrogen) atoms. The van der Waals surface area contributed by atoms with Gasteiger partial charge in [0.15, 0.2) is 0 Å². The molecular weight excluding hydrogens is 168 g/mol. The van der Waals surface area contributed by atoms with E-state index in [1.165, 1.54) is 11.1 Å². The zero-order valence-corrected chi connectivity index (χ0v) is 7.99. The lowest BCUT2D eigenvalue weighted by Gasteiger charge is -2.02. The molecular formula is C10H12OS. The summed E-state index contributed by atoms with van der Waals surface area (Å²) in [6.07, 6.45) is 0.929.